The van der Waals surface area contributed by atoms with Crippen molar-refractivity contribution in [1.82, 2.24) is 4.72 Å². The molecule has 63 heavy (non-hydrogen) atoms. The SMILES string of the molecule is C=C(OCC)[C@]1(N[S@@](=O)C(C)(C)C)c2cc(Br)ccc2C[C@]12CC[C@@H](OC)[C@H](CC)C2.C=[C-]OCC.CC[C@@H]1C[C@]2(CC[C@H]1OC)Cc1ccc(Br)cc1C2=N[S@](=O)C(C)(C)C.[Li+]. The van der Waals surface area contributed by atoms with Crippen LogP contribution in [0.3, 0.4) is 0 Å². The van der Waals surface area contributed by atoms with Crippen LogP contribution in [0.15, 0.2) is 68.7 Å². The molecule has 6 rings (SSSR count). The van der Waals surface area contributed by atoms with Crippen molar-refractivity contribution < 1.29 is 46.2 Å². The van der Waals surface area contributed by atoms with Crippen LogP contribution in [-0.2, 0) is 59.3 Å². The number of hydrogen-bond acceptors (Lipinski definition) is 6. The molecule has 0 radical (unpaired) electrons. The van der Waals surface area contributed by atoms with E-state index in [9.17, 15) is 8.42 Å². The van der Waals surface area contributed by atoms with Crippen LogP contribution < -0.4 is 23.6 Å². The molecule has 0 saturated heterocycles. The standard InChI is InChI=1S/C25H38BrNO3S.C21H30BrNO2S.C4H7O.Li/c1-8-18-15-24(13-12-22(18)29-7)16-19-10-11-20(26)14-21(19)25(24,17(3)30-9-2)27-31(28)23(4,5)6;1-6-14-12-21(10-9-18(14)25-5)13-15-7-8-16(22)11-17(15)19(21)23-26(24)20(2,3)4;1-3-5-4-2;/h10-11,14,18,22,27H,3,8-9,12-13,15-16H2,1-2,4-7H3;7-8,11,14,18H,6,9-10,12-13H2,1-5H3;1,4H2,2H3;/q;;-1;+1/t18-,22-,24-,25+,31+;14-,18-,21-,26-;;/m11../s1. The average molecular weight is 1030 g/mol. The Balaban J connectivity index is 0.000000302. The molecule has 0 heterocycles. The average Bonchev–Trinajstić information content (AvgIpc) is 3.65. The molecule has 2 saturated carbocycles. The molecule has 2 aromatic carbocycles. The van der Waals surface area contributed by atoms with E-state index in [4.69, 9.17) is 18.6 Å². The molecule has 0 aromatic heterocycles. The summed E-state index contributed by atoms with van der Waals surface area (Å²) in [6.07, 6.45) is 13.0. The van der Waals surface area contributed by atoms with Crippen LogP contribution in [0.4, 0.5) is 0 Å². The van der Waals surface area contributed by atoms with E-state index < -0.39 is 32.3 Å². The fraction of sp³-hybridized carbons (Fsp3) is 0.660. The van der Waals surface area contributed by atoms with Crippen molar-refractivity contribution in [3.8, 4) is 0 Å². The number of ether oxygens (including phenoxy) is 4. The van der Waals surface area contributed by atoms with E-state index in [-0.39, 0.29) is 40.5 Å². The molecule has 0 bridgehead atoms. The summed E-state index contributed by atoms with van der Waals surface area (Å²) in [7, 11) is 1.11. The van der Waals surface area contributed by atoms with Crippen LogP contribution in [-0.4, -0.2) is 63.3 Å². The number of hydrogen-bond donors (Lipinski definition) is 1. The Morgan fingerprint density at radius 1 is 0.841 bits per heavy atom. The predicted octanol–water partition coefficient (Wildman–Crippen LogP) is 9.46. The van der Waals surface area contributed by atoms with E-state index in [1.807, 2.05) is 69.6 Å². The van der Waals surface area contributed by atoms with E-state index in [0.29, 0.717) is 36.9 Å². The van der Waals surface area contributed by atoms with Crippen LogP contribution in [0.5, 0.6) is 0 Å². The maximum absolute atomic E-state index is 13.6. The zero-order chi connectivity index (χ0) is 46.3. The summed E-state index contributed by atoms with van der Waals surface area (Å²) in [6, 6.07) is 12.9. The molecule has 2 fully saturated rings. The van der Waals surface area contributed by atoms with Gasteiger partial charge in [-0.15, -0.1) is 0 Å². The number of rotatable bonds is 12. The summed E-state index contributed by atoms with van der Waals surface area (Å²) >= 11 is 7.28. The number of fused-ring (bicyclic) bond motifs is 2. The van der Waals surface area contributed by atoms with Gasteiger partial charge in [0.15, 0.2) is 0 Å². The molecule has 13 heteroatoms. The van der Waals surface area contributed by atoms with E-state index >= 15 is 0 Å². The summed E-state index contributed by atoms with van der Waals surface area (Å²) in [5.74, 6) is 1.64. The molecule has 4 aliphatic rings. The van der Waals surface area contributed by atoms with Gasteiger partial charge in [-0.1, -0.05) is 77.3 Å². The first-order valence-corrected chi connectivity index (χ1v) is 26.3. The fourth-order valence-electron chi connectivity index (χ4n) is 10.3. The Labute approximate surface area is 415 Å². The molecular formula is C50H75Br2LiN2O6S2. The van der Waals surface area contributed by atoms with E-state index in [2.05, 4.69) is 111 Å². The van der Waals surface area contributed by atoms with Gasteiger partial charge in [-0.25, -0.2) is 19.7 Å². The Morgan fingerprint density at radius 2 is 1.41 bits per heavy atom. The van der Waals surface area contributed by atoms with Gasteiger partial charge in [-0.05, 0) is 160 Å². The van der Waals surface area contributed by atoms with Crippen molar-refractivity contribution in [2.45, 2.75) is 161 Å². The molecule has 8 nitrogen and oxygen atoms in total. The summed E-state index contributed by atoms with van der Waals surface area (Å²) in [6.45, 7) is 29.2. The zero-order valence-corrected chi connectivity index (χ0v) is 45.4. The van der Waals surface area contributed by atoms with Crippen molar-refractivity contribution in [3.63, 3.8) is 0 Å². The quantitative estimate of drug-likeness (QED) is 0.129. The second kappa shape index (κ2) is 23.8. The fourth-order valence-corrected chi connectivity index (χ4v) is 12.8. The molecule has 0 aliphatic heterocycles. The van der Waals surface area contributed by atoms with Gasteiger partial charge in [-0.2, -0.15) is 4.40 Å². The second-order valence-corrected chi connectivity index (χ2v) is 25.1. The van der Waals surface area contributed by atoms with Crippen LogP contribution >= 0.6 is 31.9 Å². The van der Waals surface area contributed by atoms with Crippen molar-refractivity contribution in [2.75, 3.05) is 27.4 Å². The van der Waals surface area contributed by atoms with Gasteiger partial charge in [0.25, 0.3) is 0 Å². The van der Waals surface area contributed by atoms with Crippen LogP contribution in [0.1, 0.15) is 143 Å². The predicted molar refractivity (Wildman–Crippen MR) is 266 cm³/mol. The summed E-state index contributed by atoms with van der Waals surface area (Å²) in [5, 5.41) is 0. The van der Waals surface area contributed by atoms with Crippen LogP contribution in [0.25, 0.3) is 0 Å². The van der Waals surface area contributed by atoms with Gasteiger partial charge < -0.3 is 25.2 Å². The minimum Gasteiger partial charge on any atom is -0.694 e. The molecule has 0 amide bonds. The molecule has 2 spiro atoms. The number of benzene rings is 2. The summed E-state index contributed by atoms with van der Waals surface area (Å²) in [4.78, 5) is 0. The zero-order valence-electron chi connectivity index (χ0n) is 40.6. The molecule has 9 atom stereocenters. The largest absolute Gasteiger partial charge is 1.00 e. The maximum atomic E-state index is 13.6. The Morgan fingerprint density at radius 3 is 1.92 bits per heavy atom. The van der Waals surface area contributed by atoms with E-state index in [0.717, 1.165) is 84.4 Å². The normalized spacial score (nSPS) is 29.0. The van der Waals surface area contributed by atoms with Crippen molar-refractivity contribution in [3.05, 3.63) is 92.8 Å². The van der Waals surface area contributed by atoms with Gasteiger partial charge >= 0.3 is 18.9 Å². The van der Waals surface area contributed by atoms with Gasteiger partial charge in [0.1, 0.15) is 22.3 Å². The molecule has 2 aromatic rings. The maximum Gasteiger partial charge on any atom is 1.00 e. The number of methoxy groups -OCH3 is 2. The van der Waals surface area contributed by atoms with Crippen LogP contribution in [0.2, 0.25) is 0 Å². The minimum absolute atomic E-state index is 0. The third-order valence-electron chi connectivity index (χ3n) is 13.5. The minimum atomic E-state index is -1.29. The molecule has 1 N–H and O–H groups in total. The Hall–Kier alpha value is -1.07. The summed E-state index contributed by atoms with van der Waals surface area (Å²) in [5.41, 5.74) is 5.13. The monoisotopic (exact) mass is 1030 g/mol. The van der Waals surface area contributed by atoms with Crippen molar-refractivity contribution >= 4 is 59.5 Å². The van der Waals surface area contributed by atoms with Gasteiger partial charge in [-0.3, -0.25) is 0 Å². The van der Waals surface area contributed by atoms with Gasteiger partial charge in [0.05, 0.1) is 45.0 Å². The van der Waals surface area contributed by atoms with Gasteiger partial charge in [0.2, 0.25) is 0 Å². The van der Waals surface area contributed by atoms with E-state index in [1.165, 1.54) is 16.7 Å². The smallest absolute Gasteiger partial charge is 0.694 e. The van der Waals surface area contributed by atoms with Crippen LogP contribution in [0, 0.1) is 28.9 Å². The Kier molecular flexibility index (Phi) is 21.2. The molecule has 0 unspecified atom stereocenters. The number of nitrogens with one attached hydrogen (secondary N) is 1. The third kappa shape index (κ3) is 12.5. The van der Waals surface area contributed by atoms with E-state index in [1.54, 1.807) is 0 Å². The topological polar surface area (TPSA) is 95.5 Å². The first-order chi connectivity index (χ1) is 29.2. The number of halogens is 2. The second-order valence-electron chi connectivity index (χ2n) is 19.4. The molecule has 348 valence electrons. The third-order valence-corrected chi connectivity index (χ3v) is 17.5. The van der Waals surface area contributed by atoms with Crippen molar-refractivity contribution in [2.24, 2.45) is 27.1 Å². The van der Waals surface area contributed by atoms with Crippen molar-refractivity contribution in [1.29, 1.82) is 0 Å². The van der Waals surface area contributed by atoms with Gasteiger partial charge in [0, 0.05) is 46.2 Å². The first kappa shape index (κ1) is 56.3. The molecule has 4 aliphatic carbocycles. The molecular weight excluding hydrogens is 955 g/mol. The first-order valence-electron chi connectivity index (χ1n) is 22.5. The Bertz CT molecular complexity index is 1950. The number of nitrogens with zero attached hydrogens (tertiary/aromatic N) is 1. The summed E-state index contributed by atoms with van der Waals surface area (Å²) < 4.78 is 58.5.